The maximum Gasteiger partial charge on any atom is 0.135 e. The predicted molar refractivity (Wildman–Crippen MR) is 161 cm³/mol. The van der Waals surface area contributed by atoms with Crippen LogP contribution >= 0.6 is 0 Å². The van der Waals surface area contributed by atoms with Crippen LogP contribution in [0.25, 0.3) is 39.0 Å². The molecule has 0 N–H and O–H groups in total. The Bertz CT molecular complexity index is 1840. The van der Waals surface area contributed by atoms with E-state index < -0.39 is 5.41 Å². The molecule has 2 aromatic heterocycles. The maximum absolute atomic E-state index is 6.21. The smallest absolute Gasteiger partial charge is 0.135 e. The molecule has 0 radical (unpaired) electrons. The van der Waals surface area contributed by atoms with Gasteiger partial charge in [-0.05, 0) is 98.4 Å². The number of furan rings is 2. The second-order valence-electron chi connectivity index (χ2n) is 10.1. The third-order valence-corrected chi connectivity index (χ3v) is 8.20. The van der Waals surface area contributed by atoms with E-state index in [1.54, 1.807) is 0 Å². The van der Waals surface area contributed by atoms with E-state index in [4.69, 9.17) is 8.83 Å². The minimum atomic E-state index is -0.502. The van der Waals surface area contributed by atoms with E-state index in [0.717, 1.165) is 44.2 Å². The first kappa shape index (κ1) is 24.1. The lowest BCUT2D eigenvalue weighted by atomic mass is 9.65. The summed E-state index contributed by atoms with van der Waals surface area (Å²) in [5, 5.41) is 3.35. The van der Waals surface area contributed by atoms with Gasteiger partial charge in [-0.25, -0.2) is 0 Å². The molecule has 2 heteroatoms. The molecule has 0 spiro atoms. The number of para-hydroxylation sites is 1. The highest BCUT2D eigenvalue weighted by Crippen LogP contribution is 2.55. The zero-order valence-electron chi connectivity index (χ0n) is 22.7. The van der Waals surface area contributed by atoms with Gasteiger partial charge in [0.1, 0.15) is 22.5 Å². The minimum Gasteiger partial charge on any atom is -0.461 e. The van der Waals surface area contributed by atoms with Crippen LogP contribution in [0.15, 0.2) is 123 Å². The molecule has 2 heterocycles. The zero-order chi connectivity index (χ0) is 26.6. The molecule has 0 saturated heterocycles. The van der Waals surface area contributed by atoms with Gasteiger partial charge in [-0.3, -0.25) is 0 Å². The Kier molecular flexibility index (Phi) is 5.65. The second-order valence-corrected chi connectivity index (χ2v) is 10.1. The largest absolute Gasteiger partial charge is 0.461 e. The number of rotatable bonds is 5. The lowest BCUT2D eigenvalue weighted by Gasteiger charge is -2.36. The second kappa shape index (κ2) is 8.92. The minimum absolute atomic E-state index is 0.502. The van der Waals surface area contributed by atoms with Gasteiger partial charge in [-0.1, -0.05) is 67.3 Å². The molecule has 0 unspecified atom stereocenters. The molecule has 0 fully saturated rings. The van der Waals surface area contributed by atoms with Crippen LogP contribution in [-0.4, -0.2) is 0 Å². The quantitative estimate of drug-likeness (QED) is 0.242. The molecule has 0 amide bonds. The third kappa shape index (κ3) is 3.20. The summed E-state index contributed by atoms with van der Waals surface area (Å²) >= 11 is 0. The fourth-order valence-corrected chi connectivity index (χ4v) is 6.42. The summed E-state index contributed by atoms with van der Waals surface area (Å²) in [6.07, 6.45) is 10.8. The molecule has 1 aliphatic carbocycles. The number of hydrogen-bond acceptors (Lipinski definition) is 2. The van der Waals surface area contributed by atoms with Gasteiger partial charge in [0, 0.05) is 21.7 Å². The topological polar surface area (TPSA) is 26.3 Å². The fourth-order valence-electron chi connectivity index (χ4n) is 6.42. The molecule has 0 saturated carbocycles. The number of allylic oxidation sites excluding steroid dienone is 8. The molecule has 38 heavy (non-hydrogen) atoms. The fraction of sp³-hybridized carbons (Fsp3) is 0.167. The highest BCUT2D eigenvalue weighted by atomic mass is 16.3. The van der Waals surface area contributed by atoms with Crippen LogP contribution in [-0.2, 0) is 5.41 Å². The Labute approximate surface area is 224 Å². The first-order chi connectivity index (χ1) is 18.4. The average Bonchev–Trinajstić information content (AvgIpc) is 3.52. The van der Waals surface area contributed by atoms with Crippen LogP contribution in [0.1, 0.15) is 50.1 Å². The summed E-state index contributed by atoms with van der Waals surface area (Å²) in [6.45, 7) is 14.8. The molecule has 5 aromatic rings. The van der Waals surface area contributed by atoms with Crippen molar-refractivity contribution in [3.63, 3.8) is 0 Å². The van der Waals surface area contributed by atoms with E-state index in [1.807, 2.05) is 25.1 Å². The first-order valence-corrected chi connectivity index (χ1v) is 13.2. The van der Waals surface area contributed by atoms with Gasteiger partial charge in [0.2, 0.25) is 0 Å². The number of aryl methyl sites for hydroxylation is 1. The van der Waals surface area contributed by atoms with Crippen molar-refractivity contribution >= 4 is 39.0 Å². The van der Waals surface area contributed by atoms with Crippen LogP contribution < -0.4 is 0 Å². The SMILES string of the molecule is C=Cc1c(C)oc2ccc(C3(c4ccc5oc6ccccc6c5c4)C(/C=C\C)=C(C)C(C)=C3/C=C\C)cc12. The van der Waals surface area contributed by atoms with Crippen LogP contribution in [0.2, 0.25) is 0 Å². The highest BCUT2D eigenvalue weighted by molar-refractivity contribution is 6.05. The zero-order valence-corrected chi connectivity index (χ0v) is 22.7. The van der Waals surface area contributed by atoms with Gasteiger partial charge in [0.15, 0.2) is 0 Å². The average molecular weight is 497 g/mol. The molecule has 6 rings (SSSR count). The highest BCUT2D eigenvalue weighted by Gasteiger charge is 2.46. The van der Waals surface area contributed by atoms with Crippen molar-refractivity contribution in [2.75, 3.05) is 0 Å². The van der Waals surface area contributed by atoms with Gasteiger partial charge >= 0.3 is 0 Å². The van der Waals surface area contributed by atoms with E-state index in [2.05, 4.69) is 107 Å². The van der Waals surface area contributed by atoms with Crippen molar-refractivity contribution in [1.29, 1.82) is 0 Å². The van der Waals surface area contributed by atoms with Crippen LogP contribution in [0.5, 0.6) is 0 Å². The maximum atomic E-state index is 6.21. The van der Waals surface area contributed by atoms with E-state index >= 15 is 0 Å². The summed E-state index contributed by atoms with van der Waals surface area (Å²) in [6, 6.07) is 21.6. The van der Waals surface area contributed by atoms with E-state index in [1.165, 1.54) is 33.4 Å². The molecule has 0 bridgehead atoms. The van der Waals surface area contributed by atoms with Crippen molar-refractivity contribution in [2.45, 2.75) is 40.0 Å². The standard InChI is InChI=1S/C36H32O2/c1-7-12-31-22(4)23(5)32(13-8-2)36(31,25-16-18-34-29(20-25)27(9-3)24(6)37-34)26-17-19-35-30(21-26)28-14-10-11-15-33(28)38-35/h7-21H,3H2,1-2,4-6H3/b12-7-,13-8-. The van der Waals surface area contributed by atoms with Crippen LogP contribution in [0.3, 0.4) is 0 Å². The molecular weight excluding hydrogens is 464 g/mol. The van der Waals surface area contributed by atoms with Crippen LogP contribution in [0.4, 0.5) is 0 Å². The van der Waals surface area contributed by atoms with Crippen molar-refractivity contribution < 1.29 is 8.83 Å². The summed E-state index contributed by atoms with van der Waals surface area (Å²) in [4.78, 5) is 0. The summed E-state index contributed by atoms with van der Waals surface area (Å²) in [7, 11) is 0. The van der Waals surface area contributed by atoms with E-state index in [9.17, 15) is 0 Å². The third-order valence-electron chi connectivity index (χ3n) is 8.20. The summed E-state index contributed by atoms with van der Waals surface area (Å²) < 4.78 is 12.3. The Morgan fingerprint density at radius 3 is 1.82 bits per heavy atom. The van der Waals surface area contributed by atoms with Gasteiger partial charge in [0.25, 0.3) is 0 Å². The summed E-state index contributed by atoms with van der Waals surface area (Å²) in [5.74, 6) is 0.889. The number of benzene rings is 3. The lowest BCUT2D eigenvalue weighted by Crippen LogP contribution is -2.30. The van der Waals surface area contributed by atoms with Gasteiger partial charge in [0.05, 0.1) is 5.41 Å². The predicted octanol–water partition coefficient (Wildman–Crippen LogP) is 10.4. The number of hydrogen-bond donors (Lipinski definition) is 0. The monoisotopic (exact) mass is 496 g/mol. The Balaban J connectivity index is 1.78. The molecule has 3 aromatic carbocycles. The summed E-state index contributed by atoms with van der Waals surface area (Å²) in [5.41, 5.74) is 10.9. The Hall–Kier alpha value is -4.30. The lowest BCUT2D eigenvalue weighted by molar-refractivity contribution is 0.577. The molecular formula is C36H32O2. The first-order valence-electron chi connectivity index (χ1n) is 13.2. The van der Waals surface area contributed by atoms with E-state index in [0.29, 0.717) is 0 Å². The molecule has 1 aliphatic rings. The molecule has 188 valence electrons. The van der Waals surface area contributed by atoms with Crippen molar-refractivity contribution in [3.8, 4) is 0 Å². The van der Waals surface area contributed by atoms with Crippen LogP contribution in [0, 0.1) is 6.92 Å². The van der Waals surface area contributed by atoms with Gasteiger partial charge in [-0.15, -0.1) is 0 Å². The molecule has 0 atom stereocenters. The Morgan fingerprint density at radius 1 is 0.658 bits per heavy atom. The van der Waals surface area contributed by atoms with Gasteiger partial charge in [-0.2, -0.15) is 0 Å². The van der Waals surface area contributed by atoms with Crippen molar-refractivity contribution in [3.05, 3.63) is 136 Å². The van der Waals surface area contributed by atoms with Gasteiger partial charge < -0.3 is 8.83 Å². The van der Waals surface area contributed by atoms with E-state index in [-0.39, 0.29) is 0 Å². The normalized spacial score (nSPS) is 15.9. The van der Waals surface area contributed by atoms with Crippen molar-refractivity contribution in [1.82, 2.24) is 0 Å². The molecule has 2 nitrogen and oxygen atoms in total. The Morgan fingerprint density at radius 2 is 1.21 bits per heavy atom. The molecule has 0 aliphatic heterocycles. The number of fused-ring (bicyclic) bond motifs is 4. The van der Waals surface area contributed by atoms with Crippen molar-refractivity contribution in [2.24, 2.45) is 0 Å².